The van der Waals surface area contributed by atoms with E-state index in [1.54, 1.807) is 0 Å². The van der Waals surface area contributed by atoms with Crippen molar-refractivity contribution in [3.05, 3.63) is 121 Å². The van der Waals surface area contributed by atoms with Crippen molar-refractivity contribution in [2.24, 2.45) is 0 Å². The van der Waals surface area contributed by atoms with Crippen molar-refractivity contribution < 1.29 is 102 Å². The van der Waals surface area contributed by atoms with Crippen molar-refractivity contribution in [1.82, 2.24) is 0 Å². The quantitative estimate of drug-likeness (QED) is 0.112. The highest BCUT2D eigenvalue weighted by molar-refractivity contribution is 6.50. The first-order valence-corrected chi connectivity index (χ1v) is 12.6. The molecule has 51 heavy (non-hydrogen) atoms. The molecule has 0 saturated carbocycles. The van der Waals surface area contributed by atoms with Crippen LogP contribution in [-0.2, 0) is 26.6 Å². The highest BCUT2D eigenvalue weighted by atomic mass is 19.2. The Morgan fingerprint density at radius 2 is 0.569 bits per heavy atom. The van der Waals surface area contributed by atoms with Gasteiger partial charge in [-0.3, -0.25) is 0 Å². The van der Waals surface area contributed by atoms with Crippen LogP contribution in [-0.4, -0.2) is 7.12 Å². The van der Waals surface area contributed by atoms with Crippen LogP contribution in [0.5, 0.6) is 0 Å². The minimum absolute atomic E-state index is 2.68. The zero-order chi connectivity index (χ0) is 38.3. The zero-order valence-electron chi connectivity index (χ0n) is 22.8. The second kappa shape index (κ2) is 10.9. The Hall–Kier alpha value is -4.61. The van der Waals surface area contributed by atoms with Crippen LogP contribution in [0.15, 0.2) is 17.5 Å². The summed E-state index contributed by atoms with van der Waals surface area (Å²) in [5.41, 5.74) is -23.1. The van der Waals surface area contributed by atoms with Gasteiger partial charge in [0.2, 0.25) is 17.2 Å². The maximum Gasteiger partial charge on any atom is 0.515 e. The van der Waals surface area contributed by atoms with Gasteiger partial charge in [0, 0.05) is 5.56 Å². The van der Waals surface area contributed by atoms with Crippen molar-refractivity contribution in [3.8, 4) is 0 Å². The number of alkyl halides is 3. The molecular formula is C27BF21O2. The van der Waals surface area contributed by atoms with E-state index in [4.69, 9.17) is 0 Å². The van der Waals surface area contributed by atoms with Crippen molar-refractivity contribution in [2.45, 2.75) is 17.3 Å². The van der Waals surface area contributed by atoms with Crippen LogP contribution in [0.4, 0.5) is 92.2 Å². The predicted molar refractivity (Wildman–Crippen MR) is 123 cm³/mol. The molecule has 0 bridgehead atoms. The Balaban J connectivity index is 1.70. The maximum absolute atomic E-state index is 16.8. The van der Waals surface area contributed by atoms with Gasteiger partial charge in [-0.25, -0.2) is 83.4 Å². The highest BCUT2D eigenvalue weighted by Crippen LogP contribution is 2.60. The fourth-order valence-corrected chi connectivity index (χ4v) is 5.48. The molecule has 0 fully saturated rings. The molecule has 3 atom stereocenters. The fraction of sp³-hybridized carbons (Fsp3) is 0.111. The van der Waals surface area contributed by atoms with Crippen molar-refractivity contribution in [3.63, 3.8) is 0 Å². The Morgan fingerprint density at radius 1 is 0.314 bits per heavy atom. The van der Waals surface area contributed by atoms with Crippen LogP contribution >= 0.6 is 0 Å². The summed E-state index contributed by atoms with van der Waals surface area (Å²) in [4.78, 5) is 0. The molecule has 3 aromatic rings. The lowest BCUT2D eigenvalue weighted by Crippen LogP contribution is -2.52. The number of halogens is 21. The minimum atomic E-state index is -5.93. The lowest BCUT2D eigenvalue weighted by molar-refractivity contribution is -0.129. The highest BCUT2D eigenvalue weighted by Gasteiger charge is 2.70. The normalized spacial score (nSPS) is 23.9. The van der Waals surface area contributed by atoms with Gasteiger partial charge in [-0.05, 0) is 0 Å². The topological polar surface area (TPSA) is 18.5 Å². The van der Waals surface area contributed by atoms with Crippen molar-refractivity contribution in [1.29, 1.82) is 0 Å². The smallest absolute Gasteiger partial charge is 0.367 e. The summed E-state index contributed by atoms with van der Waals surface area (Å²) < 4.78 is 319. The Morgan fingerprint density at radius 3 is 0.902 bits per heavy atom. The fourth-order valence-electron chi connectivity index (χ4n) is 5.48. The Kier molecular flexibility index (Phi) is 7.77. The number of allylic oxidation sites excluding steroid dienone is 1. The second-order valence-electron chi connectivity index (χ2n) is 10.4. The molecule has 24 heteroatoms. The lowest BCUT2D eigenvalue weighted by Gasteiger charge is -2.35. The largest absolute Gasteiger partial charge is 0.515 e. The van der Waals surface area contributed by atoms with Gasteiger partial charge in [-0.2, -0.15) is 8.78 Å². The maximum atomic E-state index is 16.8. The average molecular weight is 766 g/mol. The molecule has 6 rings (SSSR count). The van der Waals surface area contributed by atoms with Crippen LogP contribution in [0.3, 0.4) is 0 Å². The summed E-state index contributed by atoms with van der Waals surface area (Å²) in [5, 5.41) is 0. The summed E-state index contributed by atoms with van der Waals surface area (Å²) in [6.07, 6.45) is 0. The van der Waals surface area contributed by atoms with E-state index in [0.29, 0.717) is 0 Å². The molecule has 3 aliphatic rings. The van der Waals surface area contributed by atoms with E-state index < -0.39 is 163 Å². The third kappa shape index (κ3) is 4.16. The summed E-state index contributed by atoms with van der Waals surface area (Å²) in [6, 6.07) is 0. The molecule has 3 aromatic carbocycles. The van der Waals surface area contributed by atoms with Crippen LogP contribution < -0.4 is 0 Å². The standard InChI is InChI=1S/C27BF21O2/c29-7-1-4(13(35)19(41)16(7)38)25(47,22(44)10(1)32)28(50-26(48)5-2(11(33)23(26)45)8(30)17(39)20(42)14(5)36)51-27(49)6-3(12(34)24(27)46)9(31)18(40)21(43)15(6)37. The van der Waals surface area contributed by atoms with E-state index in [1.807, 2.05) is 0 Å². The molecule has 0 heterocycles. The first kappa shape index (κ1) is 36.2. The minimum Gasteiger partial charge on any atom is -0.367 e. The number of rotatable bonds is 5. The van der Waals surface area contributed by atoms with Crippen LogP contribution in [0.25, 0.3) is 17.5 Å². The molecular weight excluding hydrogens is 766 g/mol. The molecule has 0 spiro atoms. The van der Waals surface area contributed by atoms with Gasteiger partial charge in [-0.15, -0.1) is 0 Å². The Bertz CT molecular complexity index is 2160. The number of hydrogen-bond donors (Lipinski definition) is 0. The third-order valence-electron chi connectivity index (χ3n) is 7.79. The average Bonchev–Trinajstić information content (AvgIpc) is 3.51. The molecule has 0 aromatic heterocycles. The molecule has 0 amide bonds. The summed E-state index contributed by atoms with van der Waals surface area (Å²) >= 11 is 0. The summed E-state index contributed by atoms with van der Waals surface area (Å²) in [5.74, 6) is -70.3. The van der Waals surface area contributed by atoms with Gasteiger partial charge in [0.15, 0.2) is 93.1 Å². The van der Waals surface area contributed by atoms with E-state index in [1.165, 1.54) is 0 Å². The number of benzene rings is 3. The van der Waals surface area contributed by atoms with Gasteiger partial charge in [0.05, 0.1) is 27.8 Å². The first-order valence-electron chi connectivity index (χ1n) is 12.6. The third-order valence-corrected chi connectivity index (χ3v) is 7.79. The van der Waals surface area contributed by atoms with Gasteiger partial charge < -0.3 is 9.31 Å². The van der Waals surface area contributed by atoms with E-state index in [9.17, 15) is 65.9 Å². The van der Waals surface area contributed by atoms with Gasteiger partial charge in [0.25, 0.3) is 11.7 Å². The van der Waals surface area contributed by atoms with Gasteiger partial charge in [0.1, 0.15) is 0 Å². The van der Waals surface area contributed by atoms with Crippen molar-refractivity contribution >= 4 is 24.6 Å². The van der Waals surface area contributed by atoms with E-state index >= 15 is 26.3 Å². The molecule has 3 aliphatic carbocycles. The zero-order valence-corrected chi connectivity index (χ0v) is 22.8. The van der Waals surface area contributed by atoms with Gasteiger partial charge in [-0.1, -0.05) is 0 Å². The first-order chi connectivity index (χ1) is 23.4. The lowest BCUT2D eigenvalue weighted by atomic mass is 9.64. The predicted octanol–water partition coefficient (Wildman–Crippen LogP) is 10.1. The van der Waals surface area contributed by atoms with E-state index in [2.05, 4.69) is 9.31 Å². The van der Waals surface area contributed by atoms with E-state index in [0.717, 1.165) is 0 Å². The summed E-state index contributed by atoms with van der Waals surface area (Å²) in [6.45, 7) is 0. The monoisotopic (exact) mass is 766 g/mol. The molecule has 0 N–H and O–H groups in total. The van der Waals surface area contributed by atoms with Crippen LogP contribution in [0.1, 0.15) is 33.4 Å². The summed E-state index contributed by atoms with van der Waals surface area (Å²) in [7, 11) is -5.15. The van der Waals surface area contributed by atoms with E-state index in [-0.39, 0.29) is 0 Å². The number of fused-ring (bicyclic) bond motifs is 3. The SMILES string of the molecule is FC1=C(F)C(F)(OB(OC2(F)C(F)=C(F)c3c(F)c(F)c(F)c(F)c32)C2(F)C(F)=C(F)c3c(F)c(F)c(F)c(F)c32)c2c(F)c(F)c(F)c(F)c21. The number of hydrogen-bond acceptors (Lipinski definition) is 2. The molecule has 3 unspecified atom stereocenters. The second-order valence-corrected chi connectivity index (χ2v) is 10.4. The van der Waals surface area contributed by atoms with Crippen molar-refractivity contribution in [2.75, 3.05) is 0 Å². The van der Waals surface area contributed by atoms with Crippen LogP contribution in [0.2, 0.25) is 0 Å². The molecule has 0 saturated heterocycles. The Labute approximate surface area is 264 Å². The molecule has 2 nitrogen and oxygen atoms in total. The van der Waals surface area contributed by atoms with Gasteiger partial charge >= 0.3 is 7.12 Å². The molecule has 0 aliphatic heterocycles. The molecule has 0 radical (unpaired) electrons. The van der Waals surface area contributed by atoms with Crippen LogP contribution in [0, 0.1) is 69.8 Å². The molecule has 270 valence electrons.